The van der Waals surface area contributed by atoms with Gasteiger partial charge in [0.2, 0.25) is 0 Å². The molecule has 1 aliphatic carbocycles. The molecule has 0 amide bonds. The highest BCUT2D eigenvalue weighted by Crippen LogP contribution is 2.38. The SMILES string of the molecule is CC1(C)CCC(N2CCC(CC(=O)O)CC2)CC1. The van der Waals surface area contributed by atoms with Crippen LogP contribution in [0.3, 0.4) is 0 Å². The first-order valence-corrected chi connectivity index (χ1v) is 7.42. The number of rotatable bonds is 3. The fourth-order valence-corrected chi connectivity index (χ4v) is 3.52. The first kappa shape index (κ1) is 13.9. The van der Waals surface area contributed by atoms with E-state index in [-0.39, 0.29) is 0 Å². The van der Waals surface area contributed by atoms with Crippen LogP contribution in [0.4, 0.5) is 0 Å². The van der Waals surface area contributed by atoms with Gasteiger partial charge in [0.05, 0.1) is 0 Å². The van der Waals surface area contributed by atoms with E-state index in [9.17, 15) is 4.79 Å². The van der Waals surface area contributed by atoms with Gasteiger partial charge in [0.1, 0.15) is 0 Å². The number of nitrogens with zero attached hydrogens (tertiary/aromatic N) is 1. The van der Waals surface area contributed by atoms with Crippen LogP contribution >= 0.6 is 0 Å². The molecule has 0 unspecified atom stereocenters. The van der Waals surface area contributed by atoms with Crippen molar-refractivity contribution >= 4 is 5.97 Å². The largest absolute Gasteiger partial charge is 0.481 e. The molecule has 0 aromatic carbocycles. The summed E-state index contributed by atoms with van der Waals surface area (Å²) in [4.78, 5) is 13.3. The van der Waals surface area contributed by atoms with Gasteiger partial charge in [-0.25, -0.2) is 0 Å². The average Bonchev–Trinajstić information content (AvgIpc) is 2.30. The lowest BCUT2D eigenvalue weighted by atomic mass is 9.75. The minimum absolute atomic E-state index is 0.367. The quantitative estimate of drug-likeness (QED) is 0.840. The molecule has 0 bridgehead atoms. The smallest absolute Gasteiger partial charge is 0.303 e. The van der Waals surface area contributed by atoms with Crippen molar-refractivity contribution < 1.29 is 9.90 Å². The van der Waals surface area contributed by atoms with Crippen LogP contribution in [0.15, 0.2) is 0 Å². The zero-order valence-electron chi connectivity index (χ0n) is 11.8. The van der Waals surface area contributed by atoms with E-state index in [2.05, 4.69) is 18.7 Å². The molecule has 3 heteroatoms. The second-order valence-corrected chi connectivity index (χ2v) is 6.97. The molecule has 1 aliphatic heterocycles. The van der Waals surface area contributed by atoms with Gasteiger partial charge >= 0.3 is 5.97 Å². The van der Waals surface area contributed by atoms with Gasteiger partial charge in [-0.15, -0.1) is 0 Å². The lowest BCUT2D eigenvalue weighted by Crippen LogP contribution is -2.44. The van der Waals surface area contributed by atoms with Gasteiger partial charge in [-0.05, 0) is 62.9 Å². The molecule has 0 radical (unpaired) electrons. The second-order valence-electron chi connectivity index (χ2n) is 6.97. The van der Waals surface area contributed by atoms with Gasteiger partial charge in [0, 0.05) is 12.5 Å². The van der Waals surface area contributed by atoms with Crippen molar-refractivity contribution in [3.63, 3.8) is 0 Å². The summed E-state index contributed by atoms with van der Waals surface area (Å²) in [5.41, 5.74) is 0.540. The van der Waals surface area contributed by atoms with E-state index >= 15 is 0 Å². The predicted octanol–water partition coefficient (Wildman–Crippen LogP) is 3.14. The molecular formula is C15H27NO2. The second kappa shape index (κ2) is 5.60. The fraction of sp³-hybridized carbons (Fsp3) is 0.933. The lowest BCUT2D eigenvalue weighted by Gasteiger charge is -2.42. The number of carboxylic acids is 1. The summed E-state index contributed by atoms with van der Waals surface area (Å²) >= 11 is 0. The Morgan fingerprint density at radius 1 is 1.17 bits per heavy atom. The summed E-state index contributed by atoms with van der Waals surface area (Å²) in [6, 6.07) is 0.767. The van der Waals surface area contributed by atoms with E-state index in [4.69, 9.17) is 5.11 Å². The van der Waals surface area contributed by atoms with E-state index in [1.807, 2.05) is 0 Å². The van der Waals surface area contributed by atoms with Crippen molar-refractivity contribution in [1.82, 2.24) is 4.90 Å². The van der Waals surface area contributed by atoms with Crippen molar-refractivity contribution in [2.45, 2.75) is 64.8 Å². The summed E-state index contributed by atoms with van der Waals surface area (Å²) < 4.78 is 0. The van der Waals surface area contributed by atoms with Crippen LogP contribution in [0.25, 0.3) is 0 Å². The molecule has 1 N–H and O–H groups in total. The molecule has 2 fully saturated rings. The molecule has 2 rings (SSSR count). The van der Waals surface area contributed by atoms with Crippen LogP contribution in [0.2, 0.25) is 0 Å². The van der Waals surface area contributed by atoms with Crippen LogP contribution in [-0.4, -0.2) is 35.1 Å². The summed E-state index contributed by atoms with van der Waals surface area (Å²) in [5.74, 6) is -0.216. The molecule has 18 heavy (non-hydrogen) atoms. The van der Waals surface area contributed by atoms with E-state index in [0.29, 0.717) is 17.8 Å². The first-order valence-electron chi connectivity index (χ1n) is 7.42. The predicted molar refractivity (Wildman–Crippen MR) is 72.6 cm³/mol. The Balaban J connectivity index is 1.75. The number of carbonyl (C=O) groups is 1. The van der Waals surface area contributed by atoms with Crippen molar-refractivity contribution in [2.24, 2.45) is 11.3 Å². The minimum Gasteiger partial charge on any atom is -0.481 e. The van der Waals surface area contributed by atoms with Gasteiger partial charge in [-0.1, -0.05) is 13.8 Å². The Labute approximate surface area is 111 Å². The highest BCUT2D eigenvalue weighted by atomic mass is 16.4. The lowest BCUT2D eigenvalue weighted by molar-refractivity contribution is -0.138. The number of hydrogen-bond acceptors (Lipinski definition) is 2. The molecule has 104 valence electrons. The first-order chi connectivity index (χ1) is 8.46. The zero-order chi connectivity index (χ0) is 13.2. The molecule has 2 aliphatic rings. The van der Waals surface area contributed by atoms with Gasteiger partial charge in [0.25, 0.3) is 0 Å². The Morgan fingerprint density at radius 3 is 2.22 bits per heavy atom. The van der Waals surface area contributed by atoms with Crippen LogP contribution in [-0.2, 0) is 4.79 Å². The number of likely N-dealkylation sites (tertiary alicyclic amines) is 1. The highest BCUT2D eigenvalue weighted by molar-refractivity contribution is 5.67. The van der Waals surface area contributed by atoms with Crippen LogP contribution in [0.1, 0.15) is 58.8 Å². The van der Waals surface area contributed by atoms with E-state index in [0.717, 1.165) is 32.0 Å². The average molecular weight is 253 g/mol. The molecule has 0 aromatic heterocycles. The van der Waals surface area contributed by atoms with E-state index in [1.165, 1.54) is 25.7 Å². The Bertz CT molecular complexity index is 283. The van der Waals surface area contributed by atoms with Crippen LogP contribution in [0, 0.1) is 11.3 Å². The fourth-order valence-electron chi connectivity index (χ4n) is 3.52. The third-order valence-electron chi connectivity index (χ3n) is 4.94. The molecule has 1 saturated carbocycles. The van der Waals surface area contributed by atoms with Crippen LogP contribution in [0.5, 0.6) is 0 Å². The minimum atomic E-state index is -0.632. The Hall–Kier alpha value is -0.570. The summed E-state index contributed by atoms with van der Waals surface area (Å²) in [5, 5.41) is 8.82. The topological polar surface area (TPSA) is 40.5 Å². The van der Waals surface area contributed by atoms with Crippen molar-refractivity contribution in [3.05, 3.63) is 0 Å². The third-order valence-corrected chi connectivity index (χ3v) is 4.94. The number of piperidine rings is 1. The Morgan fingerprint density at radius 2 is 1.72 bits per heavy atom. The molecule has 3 nitrogen and oxygen atoms in total. The monoisotopic (exact) mass is 253 g/mol. The maximum absolute atomic E-state index is 10.7. The highest BCUT2D eigenvalue weighted by Gasteiger charge is 2.32. The summed E-state index contributed by atoms with van der Waals surface area (Å²) in [6.07, 6.45) is 7.86. The van der Waals surface area contributed by atoms with E-state index in [1.54, 1.807) is 0 Å². The molecule has 0 atom stereocenters. The standard InChI is InChI=1S/C15H27NO2/c1-15(2)7-3-13(4-8-15)16-9-5-12(6-10-16)11-14(17)18/h12-13H,3-11H2,1-2H3,(H,17,18). The van der Waals surface area contributed by atoms with Gasteiger partial charge in [-0.2, -0.15) is 0 Å². The number of hydrogen-bond donors (Lipinski definition) is 1. The van der Waals surface area contributed by atoms with Gasteiger partial charge in [-0.3, -0.25) is 4.79 Å². The molecular weight excluding hydrogens is 226 g/mol. The Kier molecular flexibility index (Phi) is 4.31. The van der Waals surface area contributed by atoms with Gasteiger partial charge < -0.3 is 10.0 Å². The number of aliphatic carboxylic acids is 1. The van der Waals surface area contributed by atoms with E-state index < -0.39 is 5.97 Å². The van der Waals surface area contributed by atoms with Crippen molar-refractivity contribution in [3.8, 4) is 0 Å². The van der Waals surface area contributed by atoms with Crippen LogP contribution < -0.4 is 0 Å². The molecule has 1 saturated heterocycles. The maximum atomic E-state index is 10.7. The number of carboxylic acid groups (broad SMARTS) is 1. The molecule has 1 heterocycles. The third kappa shape index (κ3) is 3.71. The maximum Gasteiger partial charge on any atom is 0.303 e. The normalized spacial score (nSPS) is 27.2. The van der Waals surface area contributed by atoms with Crippen molar-refractivity contribution in [1.29, 1.82) is 0 Å². The summed E-state index contributed by atoms with van der Waals surface area (Å²) in [6.45, 7) is 6.98. The molecule has 0 spiro atoms. The van der Waals surface area contributed by atoms with Gasteiger partial charge in [0.15, 0.2) is 0 Å². The zero-order valence-corrected chi connectivity index (χ0v) is 11.8. The van der Waals surface area contributed by atoms with Crippen molar-refractivity contribution in [2.75, 3.05) is 13.1 Å². The summed E-state index contributed by atoms with van der Waals surface area (Å²) in [7, 11) is 0. The molecule has 0 aromatic rings.